The van der Waals surface area contributed by atoms with Gasteiger partial charge in [0, 0.05) is 15.4 Å². The van der Waals surface area contributed by atoms with E-state index in [0.29, 0.717) is 5.69 Å². The van der Waals surface area contributed by atoms with Crippen LogP contribution in [-0.2, 0) is 10.0 Å². The first-order chi connectivity index (χ1) is 12.1. The number of primary sulfonamides is 1. The molecule has 0 unspecified atom stereocenters. The first-order valence-electron chi connectivity index (χ1n) is 7.09. The fourth-order valence-electron chi connectivity index (χ4n) is 2.50. The Morgan fingerprint density at radius 1 is 1.15 bits per heavy atom. The van der Waals surface area contributed by atoms with Gasteiger partial charge in [0.05, 0.1) is 11.4 Å². The van der Waals surface area contributed by atoms with E-state index in [1.165, 1.54) is 9.95 Å². The number of hydrogen-bond donors (Lipinski definition) is 1. The summed E-state index contributed by atoms with van der Waals surface area (Å²) in [5.41, 5.74) is 1.64. The molecule has 1 heterocycles. The van der Waals surface area contributed by atoms with Crippen molar-refractivity contribution in [2.45, 2.75) is 11.8 Å². The summed E-state index contributed by atoms with van der Waals surface area (Å²) in [4.78, 5) is 10.7. The number of sulfonamides is 1. The molecule has 136 valence electrons. The maximum atomic E-state index is 14.2. The molecule has 3 rings (SSSR count). The zero-order valence-electron chi connectivity index (χ0n) is 13.2. The molecule has 0 saturated heterocycles. The molecular formula is C16H11BrF2N2O3S2. The van der Waals surface area contributed by atoms with Crippen LogP contribution in [0.2, 0.25) is 0 Å². The van der Waals surface area contributed by atoms with Gasteiger partial charge in [0.25, 0.3) is 0 Å². The number of nitrogens with zero attached hydrogens (tertiary/aromatic N) is 1. The highest BCUT2D eigenvalue weighted by molar-refractivity contribution is 9.10. The highest BCUT2D eigenvalue weighted by Crippen LogP contribution is 2.29. The molecule has 0 atom stereocenters. The third-order valence-electron chi connectivity index (χ3n) is 3.67. The van der Waals surface area contributed by atoms with Gasteiger partial charge in [-0.3, -0.25) is 9.36 Å². The summed E-state index contributed by atoms with van der Waals surface area (Å²) in [6.07, 6.45) is 0. The molecule has 0 saturated carbocycles. The van der Waals surface area contributed by atoms with E-state index in [0.717, 1.165) is 33.5 Å². The van der Waals surface area contributed by atoms with E-state index in [2.05, 4.69) is 15.9 Å². The van der Waals surface area contributed by atoms with Gasteiger partial charge in [0.1, 0.15) is 11.6 Å². The zero-order chi connectivity index (χ0) is 19.2. The largest absolute Gasteiger partial charge is 0.312 e. The smallest absolute Gasteiger partial charge is 0.267 e. The number of thiazole rings is 1. The molecule has 0 amide bonds. The van der Waals surface area contributed by atoms with Gasteiger partial charge in [-0.15, -0.1) is 0 Å². The first-order valence-corrected chi connectivity index (χ1v) is 10.3. The molecule has 1 aromatic heterocycles. The number of aromatic nitrogens is 1. The van der Waals surface area contributed by atoms with Gasteiger partial charge >= 0.3 is 4.87 Å². The van der Waals surface area contributed by atoms with Gasteiger partial charge in [0.2, 0.25) is 10.0 Å². The van der Waals surface area contributed by atoms with E-state index in [-0.39, 0.29) is 16.1 Å². The summed E-state index contributed by atoms with van der Waals surface area (Å²) in [7, 11) is -4.55. The van der Waals surface area contributed by atoms with Crippen molar-refractivity contribution in [2.75, 3.05) is 0 Å². The average Bonchev–Trinajstić information content (AvgIpc) is 2.89. The summed E-state index contributed by atoms with van der Waals surface area (Å²) in [5.74, 6) is -2.64. The van der Waals surface area contributed by atoms with Gasteiger partial charge < -0.3 is 0 Å². The van der Waals surface area contributed by atoms with Crippen LogP contribution >= 0.6 is 27.3 Å². The normalized spacial score (nSPS) is 11.7. The van der Waals surface area contributed by atoms with E-state index in [1.54, 1.807) is 18.2 Å². The molecule has 3 aromatic rings. The van der Waals surface area contributed by atoms with E-state index in [1.807, 2.05) is 6.92 Å². The molecule has 2 N–H and O–H groups in total. The Morgan fingerprint density at radius 3 is 2.31 bits per heavy atom. The Kier molecular flexibility index (Phi) is 4.86. The van der Waals surface area contributed by atoms with Gasteiger partial charge in [-0.1, -0.05) is 27.3 Å². The minimum Gasteiger partial charge on any atom is -0.267 e. The standard InChI is InChI=1S/C16H11BrF2N2O3S2/c1-8-4-10(2-3-11(8)17)21-14(7-25-16(21)22)9-5-12(18)15(13(19)6-9)26(20,23)24/h2-7H,1H3,(H2,20,23,24). The molecule has 5 nitrogen and oxygen atoms in total. The fraction of sp³-hybridized carbons (Fsp3) is 0.0625. The Morgan fingerprint density at radius 2 is 1.77 bits per heavy atom. The summed E-state index contributed by atoms with van der Waals surface area (Å²) in [5, 5.41) is 6.29. The van der Waals surface area contributed by atoms with Crippen LogP contribution in [0.15, 0.2) is 49.9 Å². The number of benzene rings is 2. The van der Waals surface area contributed by atoms with Crippen molar-refractivity contribution in [3.05, 3.63) is 67.1 Å². The Hall–Kier alpha value is -1.88. The summed E-state index contributed by atoms with van der Waals surface area (Å²) >= 11 is 4.23. The van der Waals surface area contributed by atoms with Crippen LogP contribution < -0.4 is 10.0 Å². The summed E-state index contributed by atoms with van der Waals surface area (Å²) in [6.45, 7) is 1.84. The van der Waals surface area contributed by atoms with Crippen LogP contribution in [0.5, 0.6) is 0 Å². The second-order valence-electron chi connectivity index (χ2n) is 5.47. The molecule has 0 spiro atoms. The Balaban J connectivity index is 2.24. The predicted octanol–water partition coefficient (Wildman–Crippen LogP) is 3.56. The average molecular weight is 461 g/mol. The van der Waals surface area contributed by atoms with Gasteiger partial charge in [-0.05, 0) is 42.8 Å². The van der Waals surface area contributed by atoms with Crippen LogP contribution in [0, 0.1) is 18.6 Å². The Labute approximate surface area is 159 Å². The monoisotopic (exact) mass is 460 g/mol. The topological polar surface area (TPSA) is 82.2 Å². The van der Waals surface area contributed by atoms with Crippen molar-refractivity contribution < 1.29 is 17.2 Å². The maximum Gasteiger partial charge on any atom is 0.312 e. The van der Waals surface area contributed by atoms with E-state index in [9.17, 15) is 22.0 Å². The van der Waals surface area contributed by atoms with Crippen molar-refractivity contribution >= 4 is 37.3 Å². The fourth-order valence-corrected chi connectivity index (χ4v) is 4.17. The lowest BCUT2D eigenvalue weighted by atomic mass is 10.1. The van der Waals surface area contributed by atoms with Crippen molar-refractivity contribution in [3.63, 3.8) is 0 Å². The molecule has 0 radical (unpaired) electrons. The summed E-state index contributed by atoms with van der Waals surface area (Å²) in [6, 6.07) is 6.86. The van der Waals surface area contributed by atoms with Gasteiger partial charge in [0.15, 0.2) is 4.90 Å². The minimum atomic E-state index is -4.55. The van der Waals surface area contributed by atoms with Crippen molar-refractivity contribution in [3.8, 4) is 16.9 Å². The third-order valence-corrected chi connectivity index (χ3v) is 6.25. The molecule has 0 bridgehead atoms. The maximum absolute atomic E-state index is 14.2. The zero-order valence-corrected chi connectivity index (χ0v) is 16.4. The van der Waals surface area contributed by atoms with Crippen LogP contribution in [-0.4, -0.2) is 13.0 Å². The van der Waals surface area contributed by atoms with Gasteiger partial charge in [-0.25, -0.2) is 22.3 Å². The molecule has 0 aliphatic carbocycles. The van der Waals surface area contributed by atoms with Crippen LogP contribution in [0.4, 0.5) is 8.78 Å². The molecule has 0 aliphatic rings. The van der Waals surface area contributed by atoms with Crippen molar-refractivity contribution in [2.24, 2.45) is 5.14 Å². The number of hydrogen-bond acceptors (Lipinski definition) is 4. The van der Waals surface area contributed by atoms with Crippen molar-refractivity contribution in [1.82, 2.24) is 4.57 Å². The minimum absolute atomic E-state index is 0.0197. The molecule has 10 heteroatoms. The van der Waals surface area contributed by atoms with E-state index < -0.39 is 26.6 Å². The quantitative estimate of drug-likeness (QED) is 0.648. The van der Waals surface area contributed by atoms with Crippen LogP contribution in [0.25, 0.3) is 16.9 Å². The number of halogens is 3. The highest BCUT2D eigenvalue weighted by Gasteiger charge is 2.23. The molecule has 0 aliphatic heterocycles. The number of rotatable bonds is 3. The van der Waals surface area contributed by atoms with Crippen LogP contribution in [0.1, 0.15) is 5.56 Å². The van der Waals surface area contributed by atoms with E-state index >= 15 is 0 Å². The molecule has 26 heavy (non-hydrogen) atoms. The molecule has 2 aromatic carbocycles. The molecule has 0 fully saturated rings. The van der Waals surface area contributed by atoms with E-state index in [4.69, 9.17) is 5.14 Å². The molecular weight excluding hydrogens is 450 g/mol. The van der Waals surface area contributed by atoms with Gasteiger partial charge in [-0.2, -0.15) is 0 Å². The van der Waals surface area contributed by atoms with Crippen LogP contribution in [0.3, 0.4) is 0 Å². The SMILES string of the molecule is Cc1cc(-n2c(-c3cc(F)c(S(N)(=O)=O)c(F)c3)csc2=O)ccc1Br. The summed E-state index contributed by atoms with van der Waals surface area (Å²) < 4.78 is 53.1. The van der Waals surface area contributed by atoms with Crippen molar-refractivity contribution in [1.29, 1.82) is 0 Å². The number of nitrogens with two attached hydrogens (primary N) is 1. The lowest BCUT2D eigenvalue weighted by Gasteiger charge is -2.11. The predicted molar refractivity (Wildman–Crippen MR) is 99.1 cm³/mol. The second-order valence-corrected chi connectivity index (χ2v) is 8.64. The number of aryl methyl sites for hydroxylation is 1. The lowest BCUT2D eigenvalue weighted by molar-refractivity contribution is 0.520. The highest BCUT2D eigenvalue weighted by atomic mass is 79.9. The lowest BCUT2D eigenvalue weighted by Crippen LogP contribution is -2.17. The first kappa shape index (κ1) is 18.9. The Bertz CT molecular complexity index is 1160. The second kappa shape index (κ2) is 6.69. The third kappa shape index (κ3) is 3.37.